The van der Waals surface area contributed by atoms with E-state index in [1.165, 1.54) is 14.2 Å². The van der Waals surface area contributed by atoms with Crippen molar-refractivity contribution in [2.75, 3.05) is 20.8 Å². The second-order valence-corrected chi connectivity index (χ2v) is 11.5. The minimum atomic E-state index is -4.16. The fraction of sp³-hybridized carbons (Fsp3) is 0.520. The summed E-state index contributed by atoms with van der Waals surface area (Å²) < 4.78 is 54.2. The van der Waals surface area contributed by atoms with Gasteiger partial charge in [-0.05, 0) is 25.0 Å². The molecule has 2 heterocycles. The van der Waals surface area contributed by atoms with Gasteiger partial charge < -0.3 is 37.8 Å². The van der Waals surface area contributed by atoms with Crippen molar-refractivity contribution in [3.63, 3.8) is 0 Å². The molecule has 0 amide bonds. The lowest BCUT2D eigenvalue weighted by Gasteiger charge is -2.39. The van der Waals surface area contributed by atoms with E-state index in [4.69, 9.17) is 32.7 Å². The van der Waals surface area contributed by atoms with Crippen molar-refractivity contribution in [2.45, 2.75) is 62.8 Å². The molecule has 4 rings (SSSR count). The Kier molecular flexibility index (Phi) is 8.12. The summed E-state index contributed by atoms with van der Waals surface area (Å²) in [4.78, 5) is 0. The van der Waals surface area contributed by atoms with Gasteiger partial charge in [0.1, 0.15) is 18.3 Å². The molecule has 1 N–H and O–H groups in total. The number of hydrogen-bond donors (Lipinski definition) is 1. The molecule has 2 aliphatic rings. The predicted molar refractivity (Wildman–Crippen MR) is 126 cm³/mol. The Balaban J connectivity index is 1.61. The second-order valence-electron chi connectivity index (χ2n) is 9.01. The first-order valence-corrected chi connectivity index (χ1v) is 13.0. The molecule has 5 atom stereocenters. The average molecular weight is 509 g/mol. The van der Waals surface area contributed by atoms with Gasteiger partial charge in [0.05, 0.1) is 19.8 Å². The predicted octanol–water partition coefficient (Wildman–Crippen LogP) is 3.84. The molecule has 2 aromatic rings. The smallest absolute Gasteiger partial charge is 0.366 e. The number of ether oxygens (including phenoxy) is 5. The summed E-state index contributed by atoms with van der Waals surface area (Å²) in [6.45, 7) is 3.51. The lowest BCUT2D eigenvalue weighted by atomic mass is 10.0. The van der Waals surface area contributed by atoms with E-state index >= 15 is 0 Å². The Morgan fingerprint density at radius 2 is 1.51 bits per heavy atom. The van der Waals surface area contributed by atoms with Gasteiger partial charge in [0.2, 0.25) is 5.34 Å². The summed E-state index contributed by atoms with van der Waals surface area (Å²) >= 11 is 0. The summed E-state index contributed by atoms with van der Waals surface area (Å²) in [5, 5.41) is 9.69. The standard InChI is InChI=1S/C25H33O9P/c1-24(2)33-21-20(31-16-19-13-9-6-10-14-19)22(32-23(21)34-24)25(26,35(27,28-3)29-4)17-30-15-18-11-7-5-8-12-18/h5-14,20-23,26H,15-17H2,1-4H3/t20-,21+,22-,23+,25+/m0/s1. The number of aliphatic hydroxyl groups is 1. The zero-order valence-electron chi connectivity index (χ0n) is 20.4. The normalized spacial score (nSPS) is 27.5. The lowest BCUT2D eigenvalue weighted by molar-refractivity contribution is -0.240. The van der Waals surface area contributed by atoms with Crippen LogP contribution >= 0.6 is 7.60 Å². The summed E-state index contributed by atoms with van der Waals surface area (Å²) in [6.07, 6.45) is -3.58. The molecule has 10 heteroatoms. The largest absolute Gasteiger partial charge is 0.374 e. The molecule has 2 aromatic carbocycles. The third-order valence-electron chi connectivity index (χ3n) is 6.11. The molecule has 2 saturated heterocycles. The minimum absolute atomic E-state index is 0.172. The number of benzene rings is 2. The highest BCUT2D eigenvalue weighted by Gasteiger charge is 2.67. The summed E-state index contributed by atoms with van der Waals surface area (Å²) in [5.41, 5.74) is 1.80. The van der Waals surface area contributed by atoms with E-state index in [9.17, 15) is 9.67 Å². The van der Waals surface area contributed by atoms with E-state index in [0.717, 1.165) is 11.1 Å². The van der Waals surface area contributed by atoms with Crippen LogP contribution in [0, 0.1) is 0 Å². The highest BCUT2D eigenvalue weighted by atomic mass is 31.2. The Hall–Kier alpha value is -1.65. The molecule has 35 heavy (non-hydrogen) atoms. The van der Waals surface area contributed by atoms with E-state index in [1.807, 2.05) is 60.7 Å². The topological polar surface area (TPSA) is 102 Å². The highest BCUT2D eigenvalue weighted by Crippen LogP contribution is 2.62. The van der Waals surface area contributed by atoms with Crippen molar-refractivity contribution in [3.05, 3.63) is 71.8 Å². The molecule has 0 aliphatic carbocycles. The molecule has 0 spiro atoms. The first-order valence-electron chi connectivity index (χ1n) is 11.4. The third kappa shape index (κ3) is 5.54. The first kappa shape index (κ1) is 26.4. The number of fused-ring (bicyclic) bond motifs is 1. The molecule has 2 fully saturated rings. The summed E-state index contributed by atoms with van der Waals surface area (Å²) in [6, 6.07) is 19.0. The van der Waals surface area contributed by atoms with Crippen LogP contribution in [-0.4, -0.2) is 61.7 Å². The maximum atomic E-state index is 13.7. The van der Waals surface area contributed by atoms with Crippen molar-refractivity contribution in [1.29, 1.82) is 0 Å². The molecule has 0 saturated carbocycles. The Labute approximate surface area is 205 Å². The third-order valence-corrected chi connectivity index (χ3v) is 8.41. The quantitative estimate of drug-likeness (QED) is 0.454. The molecule has 2 aliphatic heterocycles. The van der Waals surface area contributed by atoms with Crippen molar-refractivity contribution >= 4 is 7.60 Å². The summed E-state index contributed by atoms with van der Waals surface area (Å²) in [7, 11) is -1.75. The zero-order valence-corrected chi connectivity index (χ0v) is 21.3. The minimum Gasteiger partial charge on any atom is -0.374 e. The van der Waals surface area contributed by atoms with Gasteiger partial charge in [0.15, 0.2) is 12.1 Å². The Bertz CT molecular complexity index is 995. The average Bonchev–Trinajstić information content (AvgIpc) is 3.35. The monoisotopic (exact) mass is 508 g/mol. The molecule has 9 nitrogen and oxygen atoms in total. The molecular formula is C25H33O9P. The van der Waals surface area contributed by atoms with Gasteiger partial charge in [-0.15, -0.1) is 0 Å². The van der Waals surface area contributed by atoms with Gasteiger partial charge in [-0.25, -0.2) is 0 Å². The van der Waals surface area contributed by atoms with E-state index in [2.05, 4.69) is 0 Å². The van der Waals surface area contributed by atoms with Crippen LogP contribution in [0.25, 0.3) is 0 Å². The van der Waals surface area contributed by atoms with Crippen LogP contribution in [0.5, 0.6) is 0 Å². The molecule has 192 valence electrons. The first-order chi connectivity index (χ1) is 16.7. The van der Waals surface area contributed by atoms with Gasteiger partial charge in [0.25, 0.3) is 0 Å². The summed E-state index contributed by atoms with van der Waals surface area (Å²) in [5.74, 6) is -0.914. The van der Waals surface area contributed by atoms with Gasteiger partial charge >= 0.3 is 7.60 Å². The maximum absolute atomic E-state index is 13.7. The Morgan fingerprint density at radius 3 is 2.09 bits per heavy atom. The number of hydrogen-bond acceptors (Lipinski definition) is 9. The van der Waals surface area contributed by atoms with Crippen LogP contribution in [0.15, 0.2) is 60.7 Å². The second kappa shape index (κ2) is 10.8. The SMILES string of the molecule is COP(=O)(OC)[C@](O)(COCc1ccccc1)[C@H]1O[C@@H]2OC(C)(C)O[C@@H]2[C@@H]1OCc1ccccc1. The van der Waals surface area contributed by atoms with Crippen LogP contribution in [0.2, 0.25) is 0 Å². The molecular weight excluding hydrogens is 475 g/mol. The fourth-order valence-electron chi connectivity index (χ4n) is 4.40. The van der Waals surface area contributed by atoms with E-state index in [1.54, 1.807) is 13.8 Å². The van der Waals surface area contributed by atoms with Crippen molar-refractivity contribution in [3.8, 4) is 0 Å². The fourth-order valence-corrected chi connectivity index (χ4v) is 5.95. The van der Waals surface area contributed by atoms with Crippen LogP contribution in [0.1, 0.15) is 25.0 Å². The Morgan fingerprint density at radius 1 is 0.943 bits per heavy atom. The van der Waals surface area contributed by atoms with Crippen LogP contribution in [-0.2, 0) is 50.5 Å². The zero-order chi connectivity index (χ0) is 25.1. The van der Waals surface area contributed by atoms with Crippen LogP contribution < -0.4 is 0 Å². The van der Waals surface area contributed by atoms with Gasteiger partial charge in [-0.3, -0.25) is 4.57 Å². The van der Waals surface area contributed by atoms with Crippen molar-refractivity contribution in [2.24, 2.45) is 0 Å². The van der Waals surface area contributed by atoms with Gasteiger partial charge in [-0.2, -0.15) is 0 Å². The van der Waals surface area contributed by atoms with E-state index in [0.29, 0.717) is 0 Å². The van der Waals surface area contributed by atoms with Crippen molar-refractivity contribution in [1.82, 2.24) is 0 Å². The molecule has 0 bridgehead atoms. The number of rotatable bonds is 11. The van der Waals surface area contributed by atoms with E-state index < -0.39 is 49.9 Å². The lowest BCUT2D eigenvalue weighted by Crippen LogP contribution is -2.54. The van der Waals surface area contributed by atoms with E-state index in [-0.39, 0.29) is 13.2 Å². The molecule has 0 radical (unpaired) electrons. The molecule has 0 unspecified atom stereocenters. The van der Waals surface area contributed by atoms with Crippen LogP contribution in [0.3, 0.4) is 0 Å². The van der Waals surface area contributed by atoms with Crippen LogP contribution in [0.4, 0.5) is 0 Å². The molecule has 0 aromatic heterocycles. The highest BCUT2D eigenvalue weighted by molar-refractivity contribution is 7.55. The van der Waals surface area contributed by atoms with Crippen molar-refractivity contribution < 1.29 is 42.4 Å². The van der Waals surface area contributed by atoms with Gasteiger partial charge in [-0.1, -0.05) is 60.7 Å². The maximum Gasteiger partial charge on any atom is 0.366 e. The van der Waals surface area contributed by atoms with Gasteiger partial charge in [0, 0.05) is 14.2 Å².